The average Bonchev–Trinajstić information content (AvgIpc) is 4.07. The van der Waals surface area contributed by atoms with Crippen LogP contribution in [0.15, 0.2) is 72.8 Å². The van der Waals surface area contributed by atoms with Gasteiger partial charge in [0.15, 0.2) is 0 Å². The Bertz CT molecular complexity index is 2610. The first-order valence-electron chi connectivity index (χ1n) is 20.8. The van der Waals surface area contributed by atoms with Crippen molar-refractivity contribution in [3.05, 3.63) is 84.4 Å². The molecule has 0 radical (unpaired) electrons. The minimum Gasteiger partial charge on any atom is -0.465 e. The summed E-state index contributed by atoms with van der Waals surface area (Å²) in [5.41, 5.74) is 7.55. The Kier molecular flexibility index (Phi) is 11.0. The van der Waals surface area contributed by atoms with E-state index in [1.165, 1.54) is 14.2 Å². The van der Waals surface area contributed by atoms with E-state index in [2.05, 4.69) is 75.9 Å². The minimum absolute atomic E-state index is 0.115. The molecule has 0 saturated carbocycles. The highest BCUT2D eigenvalue weighted by molar-refractivity contribution is 5.93. The fourth-order valence-electron chi connectivity index (χ4n) is 9.03. The molecule has 2 aliphatic heterocycles. The number of carbonyl (C=O) groups excluding carboxylic acids is 3. The van der Waals surface area contributed by atoms with E-state index in [1.54, 1.807) is 4.90 Å². The van der Waals surface area contributed by atoms with E-state index in [9.17, 15) is 24.3 Å². The topological polar surface area (TPSA) is 177 Å². The van der Waals surface area contributed by atoms with E-state index in [-0.39, 0.29) is 35.7 Å². The fourth-order valence-corrected chi connectivity index (χ4v) is 9.03. The summed E-state index contributed by atoms with van der Waals surface area (Å²) in [6.07, 6.45) is 1.43. The summed E-state index contributed by atoms with van der Waals surface area (Å²) in [6.45, 7) is 8.69. The van der Waals surface area contributed by atoms with Crippen molar-refractivity contribution >= 4 is 56.8 Å². The Morgan fingerprint density at radius 2 is 1.20 bits per heavy atom. The lowest BCUT2D eigenvalue weighted by molar-refractivity contribution is -0.138. The van der Waals surface area contributed by atoms with Crippen LogP contribution in [0.5, 0.6) is 0 Å². The van der Waals surface area contributed by atoms with E-state index < -0.39 is 24.3 Å². The molecule has 4 amide bonds. The van der Waals surface area contributed by atoms with Gasteiger partial charge in [0, 0.05) is 20.1 Å². The Balaban J connectivity index is 1.03. The number of likely N-dealkylation sites (tertiary alicyclic amines) is 2. The van der Waals surface area contributed by atoms with Gasteiger partial charge in [0.05, 0.1) is 41.3 Å². The van der Waals surface area contributed by atoms with Gasteiger partial charge in [0.25, 0.3) is 0 Å². The second-order valence-electron chi connectivity index (χ2n) is 16.8. The number of alkyl carbamates (subject to hydrolysis) is 1. The number of carbonyl (C=O) groups is 4. The summed E-state index contributed by atoms with van der Waals surface area (Å²) in [4.78, 5) is 72.8. The number of aromatic nitrogens is 4. The molecular weight excluding hydrogens is 761 g/mol. The molecule has 2 saturated heterocycles. The highest BCUT2D eigenvalue weighted by atomic mass is 16.5. The number of H-pyrrole nitrogens is 2. The van der Waals surface area contributed by atoms with E-state index in [0.29, 0.717) is 18.9 Å². The number of amides is 4. The van der Waals surface area contributed by atoms with Gasteiger partial charge < -0.3 is 34.9 Å². The highest BCUT2D eigenvalue weighted by Crippen LogP contribution is 2.37. The van der Waals surface area contributed by atoms with Gasteiger partial charge in [-0.15, -0.1) is 0 Å². The van der Waals surface area contributed by atoms with E-state index >= 15 is 0 Å². The first kappa shape index (κ1) is 40.3. The van der Waals surface area contributed by atoms with Crippen LogP contribution in [0.2, 0.25) is 0 Å². The molecule has 4 aromatic carbocycles. The summed E-state index contributed by atoms with van der Waals surface area (Å²) in [6, 6.07) is 23.3. The second-order valence-corrected chi connectivity index (χ2v) is 16.8. The average molecular weight is 813 g/mol. The first-order valence-corrected chi connectivity index (χ1v) is 20.8. The number of rotatable bonds is 10. The molecule has 1 unspecified atom stereocenters. The molecule has 6 aromatic rings. The van der Waals surface area contributed by atoms with Gasteiger partial charge in [-0.1, -0.05) is 64.1 Å². The van der Waals surface area contributed by atoms with Crippen LogP contribution in [-0.2, 0) is 14.3 Å². The molecule has 0 aliphatic carbocycles. The van der Waals surface area contributed by atoms with Crippen LogP contribution < -0.4 is 5.32 Å². The normalized spacial score (nSPS) is 17.9. The second kappa shape index (κ2) is 16.3. The molecule has 4 N–H and O–H groups in total. The van der Waals surface area contributed by atoms with Crippen LogP contribution in [0.25, 0.3) is 55.1 Å². The lowest BCUT2D eigenvalue weighted by Crippen LogP contribution is -2.51. The number of benzene rings is 4. The third-order valence-corrected chi connectivity index (χ3v) is 12.2. The number of methoxy groups -OCH3 is 1. The lowest BCUT2D eigenvalue weighted by Gasteiger charge is -2.33. The number of hydrogen-bond donors (Lipinski definition) is 4. The Morgan fingerprint density at radius 1 is 0.717 bits per heavy atom. The van der Waals surface area contributed by atoms with Crippen molar-refractivity contribution in [3.63, 3.8) is 0 Å². The van der Waals surface area contributed by atoms with Crippen molar-refractivity contribution in [2.75, 3.05) is 27.2 Å². The Hall–Kier alpha value is -6.44. The van der Waals surface area contributed by atoms with E-state index in [4.69, 9.17) is 14.7 Å². The zero-order valence-electron chi connectivity index (χ0n) is 34.9. The third-order valence-electron chi connectivity index (χ3n) is 12.2. The van der Waals surface area contributed by atoms with Crippen LogP contribution in [0.1, 0.15) is 77.1 Å². The largest absolute Gasteiger partial charge is 0.465 e. The number of hydrogen-bond acceptors (Lipinski definition) is 7. The summed E-state index contributed by atoms with van der Waals surface area (Å²) in [5, 5.41) is 14.6. The van der Waals surface area contributed by atoms with Gasteiger partial charge in [-0.2, -0.15) is 0 Å². The summed E-state index contributed by atoms with van der Waals surface area (Å²) in [5.74, 6) is 0.809. The summed E-state index contributed by atoms with van der Waals surface area (Å²) >= 11 is 0. The van der Waals surface area contributed by atoms with Crippen LogP contribution in [0.3, 0.4) is 0 Å². The van der Waals surface area contributed by atoms with E-state index in [0.717, 1.165) is 91.5 Å². The predicted octanol–water partition coefficient (Wildman–Crippen LogP) is 8.27. The third kappa shape index (κ3) is 7.62. The molecule has 2 aromatic heterocycles. The molecule has 4 atom stereocenters. The molecule has 4 heterocycles. The van der Waals surface area contributed by atoms with Gasteiger partial charge in [-0.05, 0) is 107 Å². The molecule has 14 heteroatoms. The number of ether oxygens (including phenoxy) is 1. The zero-order valence-corrected chi connectivity index (χ0v) is 34.9. The van der Waals surface area contributed by atoms with Gasteiger partial charge >= 0.3 is 12.2 Å². The van der Waals surface area contributed by atoms with Crippen molar-refractivity contribution in [1.29, 1.82) is 0 Å². The van der Waals surface area contributed by atoms with E-state index in [1.807, 2.05) is 44.7 Å². The standard InChI is InChI=1S/C46H52N8O6/c1-25(2)39(51-45(57)60-6)43(55)53-19-7-9-37(53)41-47-33-17-15-30(23-35(33)49-41)28-13-11-27-12-14-29(22-32(27)21-28)31-16-18-34-36(24-31)50-42(48-34)38-10-8-20-54(38)44(56)40(26(3)4)52(5)46(58)59/h11-18,21-26,37-40H,7-10,19-20H2,1-6H3,(H,47,49)(H,48,50)(H,51,57)(H,58,59)/t37?,38-,39-,40-/m0/s1. The Morgan fingerprint density at radius 3 is 1.67 bits per heavy atom. The maximum absolute atomic E-state index is 13.8. The molecule has 312 valence electrons. The number of fused-ring (bicyclic) bond motifs is 3. The number of aromatic amines is 2. The minimum atomic E-state index is -1.12. The van der Waals surface area contributed by atoms with Crippen molar-refractivity contribution in [2.45, 2.75) is 77.5 Å². The number of imidazole rings is 2. The van der Waals surface area contributed by atoms with Gasteiger partial charge in [0.1, 0.15) is 23.7 Å². The molecular formula is C46H52N8O6. The molecule has 0 bridgehead atoms. The lowest BCUT2D eigenvalue weighted by atomic mass is 9.97. The maximum Gasteiger partial charge on any atom is 0.407 e. The molecule has 14 nitrogen and oxygen atoms in total. The van der Waals surface area contributed by atoms with Gasteiger partial charge in [-0.3, -0.25) is 14.5 Å². The number of carboxylic acid groups (broad SMARTS) is 1. The smallest absolute Gasteiger partial charge is 0.407 e. The molecule has 60 heavy (non-hydrogen) atoms. The summed E-state index contributed by atoms with van der Waals surface area (Å²) < 4.78 is 4.79. The van der Waals surface area contributed by atoms with Crippen molar-refractivity contribution < 1.29 is 29.0 Å². The summed E-state index contributed by atoms with van der Waals surface area (Å²) in [7, 11) is 2.75. The quantitative estimate of drug-likeness (QED) is 0.107. The van der Waals surface area contributed by atoms with Crippen LogP contribution in [-0.4, -0.2) is 103 Å². The number of likely N-dealkylation sites (N-methyl/N-ethyl adjacent to an activating group) is 1. The predicted molar refractivity (Wildman–Crippen MR) is 230 cm³/mol. The van der Waals surface area contributed by atoms with Crippen molar-refractivity contribution in [3.8, 4) is 22.3 Å². The molecule has 2 aliphatic rings. The number of nitrogens with one attached hydrogen (secondary N) is 3. The van der Waals surface area contributed by atoms with Crippen LogP contribution >= 0.6 is 0 Å². The highest BCUT2D eigenvalue weighted by Gasteiger charge is 2.40. The van der Waals surface area contributed by atoms with Crippen molar-refractivity contribution in [2.24, 2.45) is 11.8 Å². The maximum atomic E-state index is 13.8. The van der Waals surface area contributed by atoms with Crippen LogP contribution in [0.4, 0.5) is 9.59 Å². The monoisotopic (exact) mass is 812 g/mol. The van der Waals surface area contributed by atoms with Gasteiger partial charge in [0.2, 0.25) is 11.8 Å². The van der Waals surface area contributed by atoms with Crippen molar-refractivity contribution in [1.82, 2.24) is 40.0 Å². The molecule has 0 spiro atoms. The SMILES string of the molecule is COC(=O)N[C@H](C(=O)N1CCCC1c1nc2ccc(-c3ccc4ccc(-c5ccc6nc([C@@H]7CCCN7C(=O)[C@H](C(C)C)N(C)C(=O)O)[nH]c6c5)cc4c3)cc2[nH]1)C(C)C. The molecule has 2 fully saturated rings. The van der Waals surface area contributed by atoms with Crippen LogP contribution in [0, 0.1) is 11.8 Å². The fraction of sp³-hybridized carbons (Fsp3) is 0.391. The van der Waals surface area contributed by atoms with Gasteiger partial charge in [-0.25, -0.2) is 19.6 Å². The first-order chi connectivity index (χ1) is 28.8. The number of nitrogens with zero attached hydrogens (tertiary/aromatic N) is 5. The Labute approximate surface area is 348 Å². The zero-order chi connectivity index (χ0) is 42.4. The molecule has 8 rings (SSSR count).